The minimum Gasteiger partial charge on any atom is -0.494 e. The second kappa shape index (κ2) is 4.52. The number of hydroxylamine groups is 1. The number of hydrogen-bond acceptors (Lipinski definition) is 4. The standard InChI is InChI=1S/C13H14BrNO4/c1-7(16)19-15-11-9(13(2,3)12(15)17)5-8(14)6-10(11)18-4/h5-6H,1-4H3. The quantitative estimate of drug-likeness (QED) is 0.837. The highest BCUT2D eigenvalue weighted by Crippen LogP contribution is 2.48. The normalized spacial score (nSPS) is 16.3. The third-order valence-corrected chi connectivity index (χ3v) is 3.53. The van der Waals surface area contributed by atoms with Gasteiger partial charge in [0.15, 0.2) is 0 Å². The number of nitrogens with zero attached hydrogens (tertiary/aromatic N) is 1. The van der Waals surface area contributed by atoms with Crippen LogP contribution in [0.2, 0.25) is 0 Å². The Labute approximate surface area is 119 Å². The van der Waals surface area contributed by atoms with Crippen LogP contribution in [-0.2, 0) is 19.8 Å². The van der Waals surface area contributed by atoms with Crippen molar-refractivity contribution in [2.24, 2.45) is 0 Å². The van der Waals surface area contributed by atoms with Gasteiger partial charge in [0.1, 0.15) is 11.4 Å². The Morgan fingerprint density at radius 2 is 2.00 bits per heavy atom. The summed E-state index contributed by atoms with van der Waals surface area (Å²) < 4.78 is 6.08. The van der Waals surface area contributed by atoms with Gasteiger partial charge < -0.3 is 9.57 Å². The monoisotopic (exact) mass is 327 g/mol. The molecule has 0 aliphatic carbocycles. The largest absolute Gasteiger partial charge is 0.494 e. The number of methoxy groups -OCH3 is 1. The van der Waals surface area contributed by atoms with Crippen molar-refractivity contribution in [1.82, 2.24) is 0 Å². The summed E-state index contributed by atoms with van der Waals surface area (Å²) in [5.41, 5.74) is 0.461. The summed E-state index contributed by atoms with van der Waals surface area (Å²) >= 11 is 3.38. The van der Waals surface area contributed by atoms with Crippen LogP contribution in [0.3, 0.4) is 0 Å². The lowest BCUT2D eigenvalue weighted by Gasteiger charge is -2.18. The van der Waals surface area contributed by atoms with Crippen LogP contribution >= 0.6 is 15.9 Å². The van der Waals surface area contributed by atoms with Crippen molar-refractivity contribution in [2.75, 3.05) is 12.2 Å². The predicted molar refractivity (Wildman–Crippen MR) is 73.0 cm³/mol. The Morgan fingerprint density at radius 3 is 2.53 bits per heavy atom. The lowest BCUT2D eigenvalue weighted by atomic mass is 9.86. The molecule has 0 spiro atoms. The number of ether oxygens (including phenoxy) is 1. The highest BCUT2D eigenvalue weighted by molar-refractivity contribution is 9.10. The smallest absolute Gasteiger partial charge is 0.330 e. The first-order valence-corrected chi connectivity index (χ1v) is 6.49. The van der Waals surface area contributed by atoms with E-state index in [1.807, 2.05) is 6.07 Å². The molecule has 0 aromatic heterocycles. The van der Waals surface area contributed by atoms with E-state index in [0.29, 0.717) is 11.4 Å². The van der Waals surface area contributed by atoms with Crippen molar-refractivity contribution in [3.63, 3.8) is 0 Å². The molecule has 1 aromatic carbocycles. The molecule has 0 bridgehead atoms. The van der Waals surface area contributed by atoms with Crippen molar-refractivity contribution in [3.05, 3.63) is 22.2 Å². The molecule has 0 atom stereocenters. The fourth-order valence-electron chi connectivity index (χ4n) is 2.10. The van der Waals surface area contributed by atoms with Gasteiger partial charge in [0, 0.05) is 11.4 Å². The highest BCUT2D eigenvalue weighted by Gasteiger charge is 2.48. The average molecular weight is 328 g/mol. The van der Waals surface area contributed by atoms with Gasteiger partial charge in [-0.3, -0.25) is 4.79 Å². The maximum atomic E-state index is 12.4. The van der Waals surface area contributed by atoms with Gasteiger partial charge in [0.2, 0.25) is 0 Å². The molecule has 1 aromatic rings. The van der Waals surface area contributed by atoms with Gasteiger partial charge in [-0.15, -0.1) is 5.06 Å². The van der Waals surface area contributed by atoms with E-state index in [4.69, 9.17) is 9.57 Å². The number of anilines is 1. The van der Waals surface area contributed by atoms with E-state index in [-0.39, 0.29) is 5.91 Å². The van der Waals surface area contributed by atoms with Crippen LogP contribution < -0.4 is 9.80 Å². The Kier molecular flexibility index (Phi) is 3.30. The number of hydrogen-bond donors (Lipinski definition) is 0. The zero-order valence-electron chi connectivity index (χ0n) is 11.1. The zero-order chi connectivity index (χ0) is 14.4. The molecule has 102 valence electrons. The van der Waals surface area contributed by atoms with Crippen molar-refractivity contribution >= 4 is 33.5 Å². The first-order chi connectivity index (χ1) is 8.78. The van der Waals surface area contributed by atoms with Gasteiger partial charge in [0.05, 0.1) is 12.5 Å². The van der Waals surface area contributed by atoms with Crippen LogP contribution in [-0.4, -0.2) is 19.0 Å². The van der Waals surface area contributed by atoms with Crippen molar-refractivity contribution in [3.8, 4) is 5.75 Å². The molecule has 0 saturated heterocycles. The predicted octanol–water partition coefficient (Wildman–Crippen LogP) is 2.56. The summed E-state index contributed by atoms with van der Waals surface area (Å²) in [6.07, 6.45) is 0. The van der Waals surface area contributed by atoms with Gasteiger partial charge in [-0.05, 0) is 31.5 Å². The topological polar surface area (TPSA) is 55.8 Å². The molecule has 0 radical (unpaired) electrons. The summed E-state index contributed by atoms with van der Waals surface area (Å²) in [5, 5.41) is 1.02. The maximum Gasteiger partial charge on any atom is 0.330 e. The molecule has 0 N–H and O–H groups in total. The summed E-state index contributed by atoms with van der Waals surface area (Å²) in [5.74, 6) is -0.374. The third kappa shape index (κ3) is 2.10. The van der Waals surface area contributed by atoms with E-state index in [2.05, 4.69) is 15.9 Å². The Hall–Kier alpha value is -1.56. The zero-order valence-corrected chi connectivity index (χ0v) is 12.7. The average Bonchev–Trinajstić information content (AvgIpc) is 2.50. The van der Waals surface area contributed by atoms with Crippen LogP contribution in [0.25, 0.3) is 0 Å². The molecule has 1 aliphatic rings. The number of amides is 1. The molecule has 6 heteroatoms. The van der Waals surface area contributed by atoms with E-state index < -0.39 is 11.4 Å². The van der Waals surface area contributed by atoms with Gasteiger partial charge in [-0.25, -0.2) is 4.79 Å². The molecule has 2 rings (SSSR count). The van der Waals surface area contributed by atoms with Crippen molar-refractivity contribution in [2.45, 2.75) is 26.2 Å². The maximum absolute atomic E-state index is 12.4. The molecule has 0 saturated carbocycles. The molecule has 1 amide bonds. The van der Waals surface area contributed by atoms with Crippen LogP contribution in [0.15, 0.2) is 16.6 Å². The molecule has 1 heterocycles. The fourth-order valence-corrected chi connectivity index (χ4v) is 2.54. The van der Waals surface area contributed by atoms with E-state index >= 15 is 0 Å². The van der Waals surface area contributed by atoms with Crippen molar-refractivity contribution < 1.29 is 19.2 Å². The number of carbonyl (C=O) groups is 2. The van der Waals surface area contributed by atoms with Crippen LogP contribution in [0.4, 0.5) is 5.69 Å². The summed E-state index contributed by atoms with van der Waals surface area (Å²) in [7, 11) is 1.50. The van der Waals surface area contributed by atoms with Crippen LogP contribution in [0.5, 0.6) is 5.75 Å². The summed E-state index contributed by atoms with van der Waals surface area (Å²) in [4.78, 5) is 28.6. The summed E-state index contributed by atoms with van der Waals surface area (Å²) in [6.45, 7) is 4.82. The first kappa shape index (κ1) is 13.9. The van der Waals surface area contributed by atoms with E-state index in [9.17, 15) is 9.59 Å². The van der Waals surface area contributed by atoms with Gasteiger partial charge in [-0.1, -0.05) is 15.9 Å². The Bertz CT molecular complexity index is 568. The number of halogens is 1. The lowest BCUT2D eigenvalue weighted by molar-refractivity contribution is -0.148. The van der Waals surface area contributed by atoms with Crippen LogP contribution in [0.1, 0.15) is 26.3 Å². The number of fused-ring (bicyclic) bond motifs is 1. The second-order valence-corrected chi connectivity index (χ2v) is 5.73. The molecule has 1 aliphatic heterocycles. The molecular formula is C13H14BrNO4. The molecule has 19 heavy (non-hydrogen) atoms. The highest BCUT2D eigenvalue weighted by atomic mass is 79.9. The van der Waals surface area contributed by atoms with Crippen LogP contribution in [0, 0.1) is 0 Å². The lowest BCUT2D eigenvalue weighted by Crippen LogP contribution is -2.37. The van der Waals surface area contributed by atoms with Gasteiger partial charge >= 0.3 is 5.97 Å². The van der Waals surface area contributed by atoms with E-state index in [0.717, 1.165) is 15.1 Å². The molecular weight excluding hydrogens is 314 g/mol. The summed E-state index contributed by atoms with van der Waals surface area (Å²) in [6, 6.07) is 3.56. The van der Waals surface area contributed by atoms with Crippen molar-refractivity contribution in [1.29, 1.82) is 0 Å². The molecule has 5 nitrogen and oxygen atoms in total. The molecule has 0 unspecified atom stereocenters. The first-order valence-electron chi connectivity index (χ1n) is 5.70. The van der Waals surface area contributed by atoms with Gasteiger partial charge in [-0.2, -0.15) is 0 Å². The second-order valence-electron chi connectivity index (χ2n) is 4.81. The Morgan fingerprint density at radius 1 is 1.37 bits per heavy atom. The Balaban J connectivity index is 2.67. The van der Waals surface area contributed by atoms with E-state index in [1.54, 1.807) is 19.9 Å². The molecule has 0 fully saturated rings. The number of carbonyl (C=O) groups excluding carboxylic acids is 2. The minimum atomic E-state index is -0.776. The minimum absolute atomic E-state index is 0.297. The number of benzene rings is 1. The van der Waals surface area contributed by atoms with Gasteiger partial charge in [0.25, 0.3) is 5.91 Å². The SMILES string of the molecule is COc1cc(Br)cc2c1N(OC(C)=O)C(=O)C2(C)C. The number of rotatable bonds is 2. The fraction of sp³-hybridized carbons (Fsp3) is 0.385. The third-order valence-electron chi connectivity index (χ3n) is 3.08. The van der Waals surface area contributed by atoms with E-state index in [1.165, 1.54) is 14.0 Å².